The summed E-state index contributed by atoms with van der Waals surface area (Å²) in [6.45, 7) is 3.76. The third kappa shape index (κ3) is 4.12. The maximum atomic E-state index is 12.4. The molecule has 26 heavy (non-hydrogen) atoms. The van der Waals surface area contributed by atoms with Crippen molar-refractivity contribution in [3.05, 3.63) is 51.2 Å². The van der Waals surface area contributed by atoms with Crippen LogP contribution in [-0.2, 0) is 22.4 Å². The van der Waals surface area contributed by atoms with Crippen molar-refractivity contribution in [1.82, 2.24) is 0 Å². The predicted octanol–water partition coefficient (Wildman–Crippen LogP) is 3.93. The number of ether oxygens (including phenoxy) is 1. The topological polar surface area (TPSA) is 79.2 Å². The van der Waals surface area contributed by atoms with Gasteiger partial charge in [-0.3, -0.25) is 4.79 Å². The second kappa shape index (κ2) is 7.71. The number of carbonyl (C=O) groups is 2. The lowest BCUT2D eigenvalue weighted by atomic mass is 9.90. The molecule has 0 radical (unpaired) electrons. The lowest BCUT2D eigenvalue weighted by Gasteiger charge is -2.16. The Hall–Kier alpha value is -2.65. The highest BCUT2D eigenvalue weighted by Crippen LogP contribution is 2.32. The number of carbonyl (C=O) groups excluding carboxylic acids is 2. The van der Waals surface area contributed by atoms with E-state index < -0.39 is 18.0 Å². The summed E-state index contributed by atoms with van der Waals surface area (Å²) < 4.78 is 5.33. The fraction of sp³-hybridized carbons (Fsp3) is 0.350. The second-order valence-electron chi connectivity index (χ2n) is 6.63. The molecule has 5 nitrogen and oxygen atoms in total. The molecule has 0 saturated heterocycles. The molecule has 1 amide bonds. The smallest absolute Gasteiger partial charge is 0.349 e. The number of nitrogens with one attached hydrogen (secondary N) is 1. The molecule has 2 atom stereocenters. The first-order valence-electron chi connectivity index (χ1n) is 8.60. The third-order valence-electron chi connectivity index (χ3n) is 4.46. The lowest BCUT2D eigenvalue weighted by molar-refractivity contribution is -0.123. The van der Waals surface area contributed by atoms with Gasteiger partial charge < -0.3 is 10.1 Å². The van der Waals surface area contributed by atoms with E-state index in [1.165, 1.54) is 21.8 Å². The molecule has 6 heteroatoms. The number of benzene rings is 1. The van der Waals surface area contributed by atoms with Crippen LogP contribution in [0, 0.1) is 17.2 Å². The number of hydrogen-bond donors (Lipinski definition) is 1. The maximum Gasteiger partial charge on any atom is 0.349 e. The second-order valence-corrected chi connectivity index (χ2v) is 7.77. The summed E-state index contributed by atoms with van der Waals surface area (Å²) in [4.78, 5) is 26.4. The Bertz CT molecular complexity index is 864. The van der Waals surface area contributed by atoms with Crippen molar-refractivity contribution in [2.45, 2.75) is 39.2 Å². The number of nitriles is 1. The van der Waals surface area contributed by atoms with Gasteiger partial charge in [-0.25, -0.2) is 4.79 Å². The summed E-state index contributed by atoms with van der Waals surface area (Å²) in [5.41, 5.74) is 2.30. The first-order chi connectivity index (χ1) is 12.5. The van der Waals surface area contributed by atoms with Gasteiger partial charge in [0.2, 0.25) is 0 Å². The van der Waals surface area contributed by atoms with Crippen LogP contribution in [0.15, 0.2) is 30.3 Å². The molecule has 1 aromatic heterocycles. The van der Waals surface area contributed by atoms with E-state index in [4.69, 9.17) is 10.00 Å². The number of anilines is 1. The van der Waals surface area contributed by atoms with Crippen LogP contribution in [-0.4, -0.2) is 18.0 Å². The molecule has 1 aliphatic rings. The normalized spacial score (nSPS) is 16.9. The Labute approximate surface area is 156 Å². The van der Waals surface area contributed by atoms with Gasteiger partial charge >= 0.3 is 5.97 Å². The molecule has 0 fully saturated rings. The van der Waals surface area contributed by atoms with Crippen LogP contribution in [0.1, 0.15) is 45.9 Å². The van der Waals surface area contributed by atoms with E-state index in [0.29, 0.717) is 22.0 Å². The van der Waals surface area contributed by atoms with Gasteiger partial charge in [-0.1, -0.05) is 6.92 Å². The van der Waals surface area contributed by atoms with Gasteiger partial charge in [-0.05, 0) is 68.0 Å². The van der Waals surface area contributed by atoms with Crippen LogP contribution >= 0.6 is 11.3 Å². The molecule has 0 unspecified atom stereocenters. The van der Waals surface area contributed by atoms with E-state index in [1.807, 2.05) is 12.1 Å². The summed E-state index contributed by atoms with van der Waals surface area (Å²) in [5.74, 6) is -0.226. The Morgan fingerprint density at radius 2 is 2.08 bits per heavy atom. The molecule has 1 heterocycles. The standard InChI is InChI=1S/C20H20N2O3S/c1-12-3-8-17-15(9-12)10-18(26-17)20(24)25-13(2)19(23)22-16-6-4-14(11-21)5-7-16/h4-7,10,12-13H,3,8-9H2,1-2H3,(H,22,23)/t12-,13+/m0/s1. The monoisotopic (exact) mass is 368 g/mol. The van der Waals surface area contributed by atoms with Gasteiger partial charge in [0, 0.05) is 10.6 Å². The molecule has 1 N–H and O–H groups in total. The molecular weight excluding hydrogens is 348 g/mol. The van der Waals surface area contributed by atoms with Crippen LogP contribution < -0.4 is 5.32 Å². The molecule has 1 aliphatic carbocycles. The number of amides is 1. The zero-order chi connectivity index (χ0) is 18.7. The summed E-state index contributed by atoms with van der Waals surface area (Å²) in [7, 11) is 0. The van der Waals surface area contributed by atoms with E-state index in [1.54, 1.807) is 31.2 Å². The minimum absolute atomic E-state index is 0.405. The SMILES string of the molecule is C[C@H]1CCc2sc(C(=O)O[C@H](C)C(=O)Nc3ccc(C#N)cc3)cc2C1. The molecule has 134 valence electrons. The van der Waals surface area contributed by atoms with Crippen molar-refractivity contribution < 1.29 is 14.3 Å². The number of nitrogens with zero attached hydrogens (tertiary/aromatic N) is 1. The number of rotatable bonds is 4. The summed E-state index contributed by atoms with van der Waals surface area (Å²) in [6.07, 6.45) is 2.23. The van der Waals surface area contributed by atoms with Crippen LogP contribution in [0.25, 0.3) is 0 Å². The van der Waals surface area contributed by atoms with E-state index in [9.17, 15) is 9.59 Å². The van der Waals surface area contributed by atoms with Crippen LogP contribution in [0.2, 0.25) is 0 Å². The van der Waals surface area contributed by atoms with Crippen LogP contribution in [0.4, 0.5) is 5.69 Å². The summed E-state index contributed by atoms with van der Waals surface area (Å²) in [6, 6.07) is 10.4. The van der Waals surface area contributed by atoms with Crippen molar-refractivity contribution >= 4 is 28.9 Å². The van der Waals surface area contributed by atoms with Gasteiger partial charge in [-0.15, -0.1) is 11.3 Å². The molecule has 0 saturated carbocycles. The average molecular weight is 368 g/mol. The van der Waals surface area contributed by atoms with Crippen molar-refractivity contribution in [3.63, 3.8) is 0 Å². The lowest BCUT2D eigenvalue weighted by Crippen LogP contribution is -2.29. The van der Waals surface area contributed by atoms with Crippen molar-refractivity contribution in [3.8, 4) is 6.07 Å². The highest BCUT2D eigenvalue weighted by atomic mass is 32.1. The zero-order valence-electron chi connectivity index (χ0n) is 14.7. The Kier molecular flexibility index (Phi) is 5.38. The predicted molar refractivity (Wildman–Crippen MR) is 100 cm³/mol. The van der Waals surface area contributed by atoms with E-state index in [2.05, 4.69) is 12.2 Å². The van der Waals surface area contributed by atoms with Crippen molar-refractivity contribution in [2.24, 2.45) is 5.92 Å². The Balaban J connectivity index is 1.60. The minimum Gasteiger partial charge on any atom is -0.448 e. The quantitative estimate of drug-likeness (QED) is 0.829. The maximum absolute atomic E-state index is 12.4. The Morgan fingerprint density at radius 1 is 1.35 bits per heavy atom. The molecule has 0 spiro atoms. The van der Waals surface area contributed by atoms with Crippen molar-refractivity contribution in [2.75, 3.05) is 5.32 Å². The number of fused-ring (bicyclic) bond motifs is 1. The van der Waals surface area contributed by atoms with Gasteiger partial charge in [0.05, 0.1) is 11.6 Å². The van der Waals surface area contributed by atoms with Gasteiger partial charge in [0.1, 0.15) is 4.88 Å². The van der Waals surface area contributed by atoms with Gasteiger partial charge in [0.25, 0.3) is 5.91 Å². The van der Waals surface area contributed by atoms with Crippen molar-refractivity contribution in [1.29, 1.82) is 5.26 Å². The number of hydrogen-bond acceptors (Lipinski definition) is 5. The fourth-order valence-corrected chi connectivity index (χ4v) is 4.04. The number of thiophene rings is 1. The first-order valence-corrected chi connectivity index (χ1v) is 9.41. The van der Waals surface area contributed by atoms with Gasteiger partial charge in [-0.2, -0.15) is 5.26 Å². The first kappa shape index (κ1) is 18.2. The minimum atomic E-state index is -0.906. The molecular formula is C20H20N2O3S. The number of esters is 1. The zero-order valence-corrected chi connectivity index (χ0v) is 15.6. The molecule has 2 aromatic rings. The summed E-state index contributed by atoms with van der Waals surface area (Å²) >= 11 is 1.47. The third-order valence-corrected chi connectivity index (χ3v) is 5.68. The van der Waals surface area contributed by atoms with Crippen LogP contribution in [0.5, 0.6) is 0 Å². The average Bonchev–Trinajstić information content (AvgIpc) is 3.05. The fourth-order valence-electron chi connectivity index (χ4n) is 2.95. The van der Waals surface area contributed by atoms with Crippen LogP contribution in [0.3, 0.4) is 0 Å². The highest BCUT2D eigenvalue weighted by molar-refractivity contribution is 7.14. The summed E-state index contributed by atoms with van der Waals surface area (Å²) in [5, 5.41) is 11.5. The molecule has 3 rings (SSSR count). The number of aryl methyl sites for hydroxylation is 1. The van der Waals surface area contributed by atoms with Gasteiger partial charge in [0.15, 0.2) is 6.10 Å². The Morgan fingerprint density at radius 3 is 2.77 bits per heavy atom. The molecule has 1 aromatic carbocycles. The molecule has 0 aliphatic heterocycles. The highest BCUT2D eigenvalue weighted by Gasteiger charge is 2.24. The van der Waals surface area contributed by atoms with E-state index >= 15 is 0 Å². The van der Waals surface area contributed by atoms with E-state index in [0.717, 1.165) is 19.3 Å². The largest absolute Gasteiger partial charge is 0.448 e. The van der Waals surface area contributed by atoms with E-state index in [-0.39, 0.29) is 0 Å². The molecule has 0 bridgehead atoms.